The molecule has 4 rings (SSSR count). The number of nitrogens with two attached hydrogens (primary N) is 1. The maximum Gasteiger partial charge on any atom is 0.250 e. The first-order valence-electron chi connectivity index (χ1n) is 9.00. The minimum Gasteiger partial charge on any atom is -0.497 e. The monoisotopic (exact) mass is 385 g/mol. The quantitative estimate of drug-likeness (QED) is 0.541. The van der Waals surface area contributed by atoms with Crippen molar-refractivity contribution < 1.29 is 9.53 Å². The van der Waals surface area contributed by atoms with E-state index in [1.165, 1.54) is 0 Å². The van der Waals surface area contributed by atoms with Crippen molar-refractivity contribution in [2.45, 2.75) is 6.92 Å². The fraction of sp³-hybridized carbons (Fsp3) is 0.0909. The number of hydrogen-bond donors (Lipinski definition) is 2. The number of fused-ring (bicyclic) bond motifs is 1. The number of hydrogen-bond acceptors (Lipinski definition) is 6. The highest BCUT2D eigenvalue weighted by atomic mass is 16.5. The van der Waals surface area contributed by atoms with Gasteiger partial charge in [0, 0.05) is 22.8 Å². The van der Waals surface area contributed by atoms with E-state index in [2.05, 4.69) is 10.3 Å². The van der Waals surface area contributed by atoms with Crippen molar-refractivity contribution in [3.8, 4) is 17.1 Å². The second-order valence-electron chi connectivity index (χ2n) is 6.45. The van der Waals surface area contributed by atoms with Crippen molar-refractivity contribution in [3.63, 3.8) is 0 Å². The Hall–Kier alpha value is -4.00. The van der Waals surface area contributed by atoms with Crippen molar-refractivity contribution in [2.24, 2.45) is 5.73 Å². The van der Waals surface area contributed by atoms with E-state index in [4.69, 9.17) is 20.4 Å². The molecule has 0 spiro atoms. The van der Waals surface area contributed by atoms with Crippen LogP contribution in [0.5, 0.6) is 5.75 Å². The molecule has 2 heterocycles. The molecule has 7 heteroatoms. The van der Waals surface area contributed by atoms with E-state index < -0.39 is 5.91 Å². The van der Waals surface area contributed by atoms with Gasteiger partial charge < -0.3 is 15.8 Å². The average Bonchev–Trinajstić information content (AvgIpc) is 2.74. The second kappa shape index (κ2) is 7.55. The number of amides is 1. The van der Waals surface area contributed by atoms with Crippen LogP contribution in [0.15, 0.2) is 60.8 Å². The lowest BCUT2D eigenvalue weighted by atomic mass is 10.1. The third kappa shape index (κ3) is 3.58. The molecule has 0 radical (unpaired) electrons. The molecule has 4 aromatic rings. The Morgan fingerprint density at radius 1 is 1.07 bits per heavy atom. The Labute approximate surface area is 167 Å². The zero-order chi connectivity index (χ0) is 20.4. The van der Waals surface area contributed by atoms with Gasteiger partial charge in [-0.1, -0.05) is 12.1 Å². The zero-order valence-electron chi connectivity index (χ0n) is 16.0. The molecule has 144 valence electrons. The third-order valence-electron chi connectivity index (χ3n) is 4.60. The SMILES string of the molecule is COc1ccc2nc(-c3cccnc3C)nc(Nc3ccccc3C(N)=O)c2c1. The van der Waals surface area contributed by atoms with E-state index in [1.54, 1.807) is 31.5 Å². The van der Waals surface area contributed by atoms with Gasteiger partial charge in [-0.15, -0.1) is 0 Å². The molecule has 29 heavy (non-hydrogen) atoms. The Morgan fingerprint density at radius 3 is 2.66 bits per heavy atom. The van der Waals surface area contributed by atoms with Gasteiger partial charge in [0.2, 0.25) is 0 Å². The number of nitrogens with one attached hydrogen (secondary N) is 1. The lowest BCUT2D eigenvalue weighted by Crippen LogP contribution is -2.13. The zero-order valence-corrected chi connectivity index (χ0v) is 16.0. The molecule has 0 atom stereocenters. The van der Waals surface area contributed by atoms with Crippen molar-refractivity contribution >= 4 is 28.3 Å². The summed E-state index contributed by atoms with van der Waals surface area (Å²) in [6.07, 6.45) is 1.73. The number of aromatic nitrogens is 3. The molecule has 1 amide bonds. The number of methoxy groups -OCH3 is 1. The van der Waals surface area contributed by atoms with Gasteiger partial charge >= 0.3 is 0 Å². The molecule has 0 bridgehead atoms. The van der Waals surface area contributed by atoms with E-state index in [0.717, 1.165) is 22.2 Å². The molecule has 0 unspecified atom stereocenters. The molecule has 2 aromatic carbocycles. The van der Waals surface area contributed by atoms with Gasteiger partial charge in [0.25, 0.3) is 5.91 Å². The number of rotatable bonds is 5. The molecule has 0 aliphatic rings. The summed E-state index contributed by atoms with van der Waals surface area (Å²) in [5, 5.41) is 4.01. The minimum atomic E-state index is -0.521. The topological polar surface area (TPSA) is 103 Å². The Balaban J connectivity index is 1.93. The summed E-state index contributed by atoms with van der Waals surface area (Å²) < 4.78 is 5.36. The number of carbonyl (C=O) groups is 1. The number of benzene rings is 2. The summed E-state index contributed by atoms with van der Waals surface area (Å²) in [6, 6.07) is 16.4. The molecule has 0 fully saturated rings. The van der Waals surface area contributed by atoms with Gasteiger partial charge in [-0.2, -0.15) is 0 Å². The van der Waals surface area contributed by atoms with Crippen LogP contribution in [0, 0.1) is 6.92 Å². The van der Waals surface area contributed by atoms with E-state index in [-0.39, 0.29) is 0 Å². The number of aryl methyl sites for hydroxylation is 1. The molecular weight excluding hydrogens is 366 g/mol. The molecule has 0 saturated heterocycles. The largest absolute Gasteiger partial charge is 0.497 e. The van der Waals surface area contributed by atoms with E-state index in [9.17, 15) is 4.79 Å². The van der Waals surface area contributed by atoms with Gasteiger partial charge in [0.05, 0.1) is 23.9 Å². The van der Waals surface area contributed by atoms with E-state index in [0.29, 0.717) is 28.6 Å². The fourth-order valence-electron chi connectivity index (χ4n) is 3.11. The van der Waals surface area contributed by atoms with Crippen molar-refractivity contribution in [3.05, 3.63) is 72.1 Å². The number of anilines is 2. The summed E-state index contributed by atoms with van der Waals surface area (Å²) in [4.78, 5) is 25.6. The van der Waals surface area contributed by atoms with Crippen molar-refractivity contribution in [2.75, 3.05) is 12.4 Å². The van der Waals surface area contributed by atoms with Gasteiger partial charge in [-0.3, -0.25) is 9.78 Å². The van der Waals surface area contributed by atoms with Crippen LogP contribution in [0.1, 0.15) is 16.1 Å². The number of para-hydroxylation sites is 1. The lowest BCUT2D eigenvalue weighted by molar-refractivity contribution is 0.100. The second-order valence-corrected chi connectivity index (χ2v) is 6.45. The average molecular weight is 385 g/mol. The molecule has 0 aliphatic heterocycles. The normalized spacial score (nSPS) is 10.7. The van der Waals surface area contributed by atoms with Crippen molar-refractivity contribution in [1.29, 1.82) is 0 Å². The lowest BCUT2D eigenvalue weighted by Gasteiger charge is -2.14. The molecule has 0 aliphatic carbocycles. The highest BCUT2D eigenvalue weighted by molar-refractivity contribution is 6.01. The molecule has 2 aromatic heterocycles. The van der Waals surface area contributed by atoms with Crippen LogP contribution in [-0.2, 0) is 0 Å². The highest BCUT2D eigenvalue weighted by Crippen LogP contribution is 2.31. The van der Waals surface area contributed by atoms with E-state index in [1.807, 2.05) is 43.3 Å². The van der Waals surface area contributed by atoms with Crippen LogP contribution >= 0.6 is 0 Å². The van der Waals surface area contributed by atoms with Crippen molar-refractivity contribution in [1.82, 2.24) is 15.0 Å². The predicted octanol–water partition coefficient (Wildman–Crippen LogP) is 3.85. The fourth-order valence-corrected chi connectivity index (χ4v) is 3.11. The van der Waals surface area contributed by atoms with Crippen LogP contribution < -0.4 is 15.8 Å². The van der Waals surface area contributed by atoms with Crippen LogP contribution in [0.3, 0.4) is 0 Å². The van der Waals surface area contributed by atoms with Crippen LogP contribution in [0.4, 0.5) is 11.5 Å². The molecular formula is C22H19N5O2. The van der Waals surface area contributed by atoms with Gasteiger partial charge in [0.15, 0.2) is 5.82 Å². The Morgan fingerprint density at radius 2 is 1.90 bits per heavy atom. The number of nitrogens with zero attached hydrogens (tertiary/aromatic N) is 3. The van der Waals surface area contributed by atoms with E-state index >= 15 is 0 Å². The molecule has 0 saturated carbocycles. The number of primary amides is 1. The molecule has 3 N–H and O–H groups in total. The maximum atomic E-state index is 11.8. The smallest absolute Gasteiger partial charge is 0.250 e. The first kappa shape index (κ1) is 18.4. The summed E-state index contributed by atoms with van der Waals surface area (Å²) in [5.41, 5.74) is 8.86. The Kier molecular flexibility index (Phi) is 4.78. The standard InChI is InChI=1S/C22H19N5O2/c1-13-15(7-5-11-24-13)21-26-19-10-9-14(29-2)12-17(19)22(27-21)25-18-8-4-3-6-16(18)20(23)28/h3-12H,1-2H3,(H2,23,28)(H,25,26,27). The van der Waals surface area contributed by atoms with Gasteiger partial charge in [0.1, 0.15) is 11.6 Å². The predicted molar refractivity (Wildman–Crippen MR) is 112 cm³/mol. The molecule has 7 nitrogen and oxygen atoms in total. The summed E-state index contributed by atoms with van der Waals surface area (Å²) in [7, 11) is 1.60. The third-order valence-corrected chi connectivity index (χ3v) is 4.60. The minimum absolute atomic E-state index is 0.376. The summed E-state index contributed by atoms with van der Waals surface area (Å²) >= 11 is 0. The number of ether oxygens (including phenoxy) is 1. The Bertz CT molecular complexity index is 1220. The number of pyridine rings is 1. The first-order chi connectivity index (χ1) is 14.1. The highest BCUT2D eigenvalue weighted by Gasteiger charge is 2.15. The first-order valence-corrected chi connectivity index (χ1v) is 9.00. The van der Waals surface area contributed by atoms with Crippen LogP contribution in [0.25, 0.3) is 22.3 Å². The maximum absolute atomic E-state index is 11.8. The van der Waals surface area contributed by atoms with Crippen LogP contribution in [-0.4, -0.2) is 28.0 Å². The van der Waals surface area contributed by atoms with Gasteiger partial charge in [-0.05, 0) is 49.4 Å². The van der Waals surface area contributed by atoms with Gasteiger partial charge in [-0.25, -0.2) is 9.97 Å². The van der Waals surface area contributed by atoms with Crippen LogP contribution in [0.2, 0.25) is 0 Å². The summed E-state index contributed by atoms with van der Waals surface area (Å²) in [6.45, 7) is 1.91. The summed E-state index contributed by atoms with van der Waals surface area (Å²) in [5.74, 6) is 1.23. The number of carbonyl (C=O) groups excluding carboxylic acids is 1.